The van der Waals surface area contributed by atoms with Crippen molar-refractivity contribution in [3.8, 4) is 0 Å². The largest absolute Gasteiger partial charge is 0.469 e. The number of halogens is 1. The average molecular weight is 379 g/mol. The Balaban J connectivity index is 1.61. The summed E-state index contributed by atoms with van der Waals surface area (Å²) in [5.41, 5.74) is 1.13. The Labute approximate surface area is 159 Å². The Morgan fingerprint density at radius 3 is 3.04 bits per heavy atom. The summed E-state index contributed by atoms with van der Waals surface area (Å²) in [5.74, 6) is 1.83. The van der Waals surface area contributed by atoms with Crippen LogP contribution in [-0.2, 0) is 24.8 Å². The van der Waals surface area contributed by atoms with E-state index in [-0.39, 0.29) is 6.10 Å². The van der Waals surface area contributed by atoms with E-state index in [1.165, 1.54) is 0 Å². The molecular weight excluding hydrogens is 352 g/mol. The van der Waals surface area contributed by atoms with Crippen molar-refractivity contribution in [3.63, 3.8) is 0 Å². The molecule has 142 valence electrons. The molecule has 0 amide bonds. The molecule has 2 aromatic rings. The van der Waals surface area contributed by atoms with Crippen LogP contribution in [0.2, 0.25) is 5.02 Å². The molecule has 0 saturated carbocycles. The second-order valence-electron chi connectivity index (χ2n) is 6.67. The molecule has 1 unspecified atom stereocenters. The molecule has 1 aliphatic heterocycles. The zero-order valence-corrected chi connectivity index (χ0v) is 16.2. The van der Waals surface area contributed by atoms with E-state index in [4.69, 9.17) is 25.7 Å². The lowest BCUT2D eigenvalue weighted by Crippen LogP contribution is -2.40. The van der Waals surface area contributed by atoms with Crippen LogP contribution in [0.25, 0.3) is 0 Å². The summed E-state index contributed by atoms with van der Waals surface area (Å²) in [5, 5.41) is 4.20. The number of furan rings is 1. The molecule has 26 heavy (non-hydrogen) atoms. The van der Waals surface area contributed by atoms with E-state index >= 15 is 0 Å². The maximum absolute atomic E-state index is 6.10. The van der Waals surface area contributed by atoms with Crippen molar-refractivity contribution >= 4 is 17.6 Å². The van der Waals surface area contributed by atoms with Crippen LogP contribution in [0.5, 0.6) is 0 Å². The topological polar surface area (TPSA) is 54.9 Å². The second-order valence-corrected chi connectivity index (χ2v) is 7.11. The smallest absolute Gasteiger partial charge is 0.194 e. The van der Waals surface area contributed by atoms with Gasteiger partial charge in [-0.1, -0.05) is 11.6 Å². The average Bonchev–Trinajstić information content (AvgIpc) is 3.34. The Hall–Kier alpha value is -1.92. The van der Waals surface area contributed by atoms with Crippen molar-refractivity contribution in [2.45, 2.75) is 31.9 Å². The van der Waals surface area contributed by atoms with Gasteiger partial charge in [0.25, 0.3) is 0 Å². The molecule has 1 N–H and O–H groups in total. The van der Waals surface area contributed by atoms with E-state index in [1.807, 2.05) is 43.1 Å². The number of rotatable bonds is 7. The van der Waals surface area contributed by atoms with E-state index in [0.29, 0.717) is 6.54 Å². The number of aliphatic imine (C=N–C) groups is 1. The van der Waals surface area contributed by atoms with Crippen LogP contribution < -0.4 is 5.32 Å². The molecule has 0 bridgehead atoms. The summed E-state index contributed by atoms with van der Waals surface area (Å²) in [6.07, 6.45) is 6.87. The van der Waals surface area contributed by atoms with Crippen molar-refractivity contribution in [2.24, 2.45) is 12.0 Å². The molecular formula is C19H27ClN4O2. The van der Waals surface area contributed by atoms with Gasteiger partial charge in [-0.15, -0.1) is 0 Å². The van der Waals surface area contributed by atoms with Gasteiger partial charge in [0.1, 0.15) is 5.76 Å². The fourth-order valence-electron chi connectivity index (χ4n) is 3.08. The van der Waals surface area contributed by atoms with Crippen LogP contribution in [0.3, 0.4) is 0 Å². The highest BCUT2D eigenvalue weighted by molar-refractivity contribution is 6.30. The molecule has 3 heterocycles. The fourth-order valence-corrected chi connectivity index (χ4v) is 3.35. The van der Waals surface area contributed by atoms with E-state index < -0.39 is 0 Å². The minimum Gasteiger partial charge on any atom is -0.469 e. The van der Waals surface area contributed by atoms with E-state index in [0.717, 1.165) is 61.4 Å². The Bertz CT molecular complexity index is 705. The quantitative estimate of drug-likeness (QED) is 0.594. The molecule has 1 saturated heterocycles. The minimum atomic E-state index is 0.231. The maximum Gasteiger partial charge on any atom is 0.194 e. The van der Waals surface area contributed by atoms with Crippen molar-refractivity contribution in [2.75, 3.05) is 26.7 Å². The van der Waals surface area contributed by atoms with Crippen LogP contribution in [0.4, 0.5) is 0 Å². The molecule has 1 aliphatic rings. The van der Waals surface area contributed by atoms with Gasteiger partial charge >= 0.3 is 0 Å². The second kappa shape index (κ2) is 9.14. The highest BCUT2D eigenvalue weighted by Crippen LogP contribution is 2.15. The Morgan fingerprint density at radius 2 is 2.38 bits per heavy atom. The Morgan fingerprint density at radius 1 is 1.50 bits per heavy atom. The van der Waals surface area contributed by atoms with Crippen LogP contribution >= 0.6 is 11.6 Å². The molecule has 6 nitrogen and oxygen atoms in total. The van der Waals surface area contributed by atoms with Crippen molar-refractivity contribution in [1.29, 1.82) is 0 Å². The van der Waals surface area contributed by atoms with Crippen LogP contribution in [0.1, 0.15) is 24.3 Å². The van der Waals surface area contributed by atoms with Crippen molar-refractivity contribution < 1.29 is 9.15 Å². The molecule has 0 radical (unpaired) electrons. The number of nitrogens with zero attached hydrogens (tertiary/aromatic N) is 3. The summed E-state index contributed by atoms with van der Waals surface area (Å²) in [6.45, 7) is 3.01. The van der Waals surface area contributed by atoms with Gasteiger partial charge in [0.05, 0.1) is 30.5 Å². The zero-order valence-electron chi connectivity index (χ0n) is 15.4. The lowest BCUT2D eigenvalue weighted by atomic mass is 10.2. The first kappa shape index (κ1) is 18.9. The predicted octanol–water partition coefficient (Wildman–Crippen LogP) is 3.07. The molecule has 0 aromatic carbocycles. The van der Waals surface area contributed by atoms with E-state index in [1.54, 1.807) is 6.26 Å². The third-order valence-corrected chi connectivity index (χ3v) is 4.75. The van der Waals surface area contributed by atoms with Gasteiger partial charge in [0, 0.05) is 45.6 Å². The molecule has 0 aliphatic carbocycles. The molecule has 1 fully saturated rings. The van der Waals surface area contributed by atoms with Crippen molar-refractivity contribution in [1.82, 2.24) is 14.8 Å². The highest BCUT2D eigenvalue weighted by Gasteiger charge is 2.16. The van der Waals surface area contributed by atoms with Gasteiger partial charge < -0.3 is 23.9 Å². The molecule has 7 heteroatoms. The molecule has 3 rings (SSSR count). The first-order valence-electron chi connectivity index (χ1n) is 9.06. The Kier molecular flexibility index (Phi) is 6.63. The van der Waals surface area contributed by atoms with E-state index in [9.17, 15) is 0 Å². The molecule has 2 aromatic heterocycles. The SMILES string of the molecule is CN(Cc1cc(Cl)cn1C)C(=NCC1CCCO1)NCCc1ccco1. The summed E-state index contributed by atoms with van der Waals surface area (Å²) >= 11 is 6.10. The maximum atomic E-state index is 6.10. The zero-order chi connectivity index (χ0) is 18.4. The lowest BCUT2D eigenvalue weighted by molar-refractivity contribution is 0.117. The van der Waals surface area contributed by atoms with E-state index in [2.05, 4.69) is 10.2 Å². The van der Waals surface area contributed by atoms with Gasteiger partial charge in [-0.2, -0.15) is 0 Å². The minimum absolute atomic E-state index is 0.231. The first-order chi connectivity index (χ1) is 12.6. The van der Waals surface area contributed by atoms with Crippen LogP contribution in [0, 0.1) is 0 Å². The number of hydrogen-bond donors (Lipinski definition) is 1. The summed E-state index contributed by atoms with van der Waals surface area (Å²) in [4.78, 5) is 6.90. The number of aromatic nitrogens is 1. The van der Waals surface area contributed by atoms with Gasteiger partial charge in [-0.3, -0.25) is 4.99 Å². The summed E-state index contributed by atoms with van der Waals surface area (Å²) in [6, 6.07) is 5.88. The number of guanidine groups is 1. The normalized spacial score (nSPS) is 17.7. The summed E-state index contributed by atoms with van der Waals surface area (Å²) < 4.78 is 13.1. The molecule has 0 spiro atoms. The standard InChI is InChI=1S/C19H27ClN4O2/c1-23-13-15(20)11-16(23)14-24(2)19(22-12-18-6-4-10-26-18)21-8-7-17-5-3-9-25-17/h3,5,9,11,13,18H,4,6-8,10,12,14H2,1-2H3,(H,21,22). The molecule has 1 atom stereocenters. The third-order valence-electron chi connectivity index (χ3n) is 4.54. The number of nitrogens with one attached hydrogen (secondary N) is 1. The number of hydrogen-bond acceptors (Lipinski definition) is 3. The summed E-state index contributed by atoms with van der Waals surface area (Å²) in [7, 11) is 4.04. The fraction of sp³-hybridized carbons (Fsp3) is 0.526. The van der Waals surface area contributed by atoms with Crippen LogP contribution in [-0.4, -0.2) is 48.3 Å². The van der Waals surface area contributed by atoms with Crippen molar-refractivity contribution in [3.05, 3.63) is 47.1 Å². The lowest BCUT2D eigenvalue weighted by Gasteiger charge is -2.23. The highest BCUT2D eigenvalue weighted by atomic mass is 35.5. The number of aryl methyl sites for hydroxylation is 1. The monoisotopic (exact) mass is 378 g/mol. The van der Waals surface area contributed by atoms with Gasteiger partial charge in [0.2, 0.25) is 0 Å². The van der Waals surface area contributed by atoms with Crippen LogP contribution in [0.15, 0.2) is 40.1 Å². The van der Waals surface area contributed by atoms with Gasteiger partial charge in [-0.25, -0.2) is 0 Å². The third kappa shape index (κ3) is 5.29. The van der Waals surface area contributed by atoms with Gasteiger partial charge in [0.15, 0.2) is 5.96 Å². The first-order valence-corrected chi connectivity index (χ1v) is 9.44. The predicted molar refractivity (Wildman–Crippen MR) is 104 cm³/mol. The van der Waals surface area contributed by atoms with Gasteiger partial charge in [-0.05, 0) is 31.0 Å². The number of ether oxygens (including phenoxy) is 1.